The Morgan fingerprint density at radius 3 is 2.44 bits per heavy atom. The van der Waals surface area contributed by atoms with Crippen molar-refractivity contribution in [3.8, 4) is 0 Å². The van der Waals surface area contributed by atoms with Crippen molar-refractivity contribution in [2.45, 2.75) is 37.7 Å². The molecule has 0 saturated carbocycles. The molecule has 0 heterocycles. The maximum atomic E-state index is 4.41. The second-order valence-corrected chi connectivity index (χ2v) is 4.40. The summed E-state index contributed by atoms with van der Waals surface area (Å²) >= 11 is 6.37. The van der Waals surface area contributed by atoms with Crippen molar-refractivity contribution >= 4 is 24.4 Å². The molecule has 2 heteroatoms. The van der Waals surface area contributed by atoms with Crippen LogP contribution in [0.5, 0.6) is 0 Å². The molecule has 0 rings (SSSR count). The van der Waals surface area contributed by atoms with Crippen LogP contribution < -0.4 is 0 Å². The molecule has 0 fully saturated rings. The zero-order valence-corrected chi connectivity index (χ0v) is 7.97. The Labute approximate surface area is 68.2 Å². The molecular formula is C7H16S2. The van der Waals surface area contributed by atoms with E-state index in [2.05, 4.69) is 26.5 Å². The van der Waals surface area contributed by atoms with Crippen LogP contribution in [0.25, 0.3) is 0 Å². The van der Waals surface area contributed by atoms with Crippen LogP contribution in [0.3, 0.4) is 0 Å². The molecule has 1 unspecified atom stereocenters. The highest BCUT2D eigenvalue weighted by molar-refractivity contribution is 8.10. The molecule has 0 amide bonds. The van der Waals surface area contributed by atoms with Crippen LogP contribution in [-0.4, -0.2) is 10.3 Å². The summed E-state index contributed by atoms with van der Waals surface area (Å²) in [5.74, 6) is 1.26. The third kappa shape index (κ3) is 6.59. The average molecular weight is 164 g/mol. The van der Waals surface area contributed by atoms with Gasteiger partial charge in [0.2, 0.25) is 0 Å². The van der Waals surface area contributed by atoms with Gasteiger partial charge in [0, 0.05) is 4.58 Å². The Hall–Kier alpha value is 0.700. The summed E-state index contributed by atoms with van der Waals surface area (Å²) in [6.07, 6.45) is 3.77. The van der Waals surface area contributed by atoms with Crippen LogP contribution in [0.1, 0.15) is 33.1 Å². The summed E-state index contributed by atoms with van der Waals surface area (Å²) in [6.45, 7) is 4.41. The smallest absolute Gasteiger partial charge is 0.0472 e. The van der Waals surface area contributed by atoms with Crippen molar-refractivity contribution in [3.05, 3.63) is 0 Å². The van der Waals surface area contributed by atoms with Gasteiger partial charge in [-0.2, -0.15) is 12.6 Å². The molecule has 0 aromatic carbocycles. The van der Waals surface area contributed by atoms with Gasteiger partial charge in [0.25, 0.3) is 0 Å². The zero-order valence-electron chi connectivity index (χ0n) is 6.26. The van der Waals surface area contributed by atoms with Crippen LogP contribution >= 0.6 is 24.4 Å². The standard InChI is InChI=1S/C7H16S2/c1-3-5-7(8)9-6-4-2/h7-8H,3-6H2,1-2H3. The van der Waals surface area contributed by atoms with E-state index in [9.17, 15) is 0 Å². The van der Waals surface area contributed by atoms with Crippen molar-refractivity contribution in [1.82, 2.24) is 0 Å². The SMILES string of the molecule is CCCSC(S)CCC. The van der Waals surface area contributed by atoms with Gasteiger partial charge in [-0.15, -0.1) is 11.8 Å². The van der Waals surface area contributed by atoms with Gasteiger partial charge in [-0.1, -0.05) is 20.3 Å². The van der Waals surface area contributed by atoms with Crippen LogP contribution in [-0.2, 0) is 0 Å². The van der Waals surface area contributed by atoms with Crippen LogP contribution in [0, 0.1) is 0 Å². The van der Waals surface area contributed by atoms with Crippen LogP contribution in [0.2, 0.25) is 0 Å². The third-order valence-electron chi connectivity index (χ3n) is 1.05. The molecule has 0 saturated heterocycles. The van der Waals surface area contributed by atoms with Crippen molar-refractivity contribution in [1.29, 1.82) is 0 Å². The predicted molar refractivity (Wildman–Crippen MR) is 50.4 cm³/mol. The molecule has 9 heavy (non-hydrogen) atoms. The van der Waals surface area contributed by atoms with E-state index < -0.39 is 0 Å². The Kier molecular flexibility index (Phi) is 7.34. The molecule has 0 radical (unpaired) electrons. The topological polar surface area (TPSA) is 0 Å². The van der Waals surface area contributed by atoms with E-state index in [4.69, 9.17) is 0 Å². The van der Waals surface area contributed by atoms with Gasteiger partial charge in [-0.25, -0.2) is 0 Å². The lowest BCUT2D eigenvalue weighted by Gasteiger charge is -2.06. The van der Waals surface area contributed by atoms with Gasteiger partial charge in [-0.05, 0) is 18.6 Å². The largest absolute Gasteiger partial charge is 0.165 e. The fourth-order valence-corrected chi connectivity index (χ4v) is 2.07. The lowest BCUT2D eigenvalue weighted by Crippen LogP contribution is -1.91. The normalized spacial score (nSPS) is 13.7. The van der Waals surface area contributed by atoms with Crippen molar-refractivity contribution < 1.29 is 0 Å². The van der Waals surface area contributed by atoms with Crippen LogP contribution in [0.15, 0.2) is 0 Å². The highest BCUT2D eigenvalue weighted by Crippen LogP contribution is 2.19. The molecule has 0 spiro atoms. The molecule has 56 valence electrons. The average Bonchev–Trinajstić information content (AvgIpc) is 1.85. The fourth-order valence-electron chi connectivity index (χ4n) is 0.584. The molecular weight excluding hydrogens is 148 g/mol. The van der Waals surface area contributed by atoms with Crippen LogP contribution in [0.4, 0.5) is 0 Å². The summed E-state index contributed by atoms with van der Waals surface area (Å²) in [7, 11) is 0. The maximum Gasteiger partial charge on any atom is 0.0472 e. The Morgan fingerprint density at radius 1 is 1.33 bits per heavy atom. The van der Waals surface area contributed by atoms with Gasteiger partial charge < -0.3 is 0 Å². The number of hydrogen-bond donors (Lipinski definition) is 1. The number of rotatable bonds is 5. The highest BCUT2D eigenvalue weighted by Gasteiger charge is 1.98. The minimum absolute atomic E-state index is 0.579. The lowest BCUT2D eigenvalue weighted by molar-refractivity contribution is 0.871. The maximum absolute atomic E-state index is 4.41. The quantitative estimate of drug-likeness (QED) is 0.481. The van der Waals surface area contributed by atoms with Gasteiger partial charge in [0.15, 0.2) is 0 Å². The second kappa shape index (κ2) is 6.81. The Balaban J connectivity index is 2.95. The first-order valence-electron chi connectivity index (χ1n) is 3.61. The third-order valence-corrected chi connectivity index (χ3v) is 3.02. The molecule has 0 aliphatic heterocycles. The Morgan fingerprint density at radius 2 is 2.00 bits per heavy atom. The number of hydrogen-bond acceptors (Lipinski definition) is 2. The van der Waals surface area contributed by atoms with Gasteiger partial charge in [0.1, 0.15) is 0 Å². The minimum atomic E-state index is 0.579. The van der Waals surface area contributed by atoms with E-state index >= 15 is 0 Å². The molecule has 1 atom stereocenters. The molecule has 0 aromatic rings. The van der Waals surface area contributed by atoms with E-state index in [1.165, 1.54) is 25.0 Å². The molecule has 0 aliphatic rings. The van der Waals surface area contributed by atoms with E-state index in [1.807, 2.05) is 11.8 Å². The Bertz CT molecular complexity index is 54.9. The summed E-state index contributed by atoms with van der Waals surface area (Å²) in [4.78, 5) is 0. The molecule has 0 N–H and O–H groups in total. The van der Waals surface area contributed by atoms with Gasteiger partial charge in [-0.3, -0.25) is 0 Å². The summed E-state index contributed by atoms with van der Waals surface area (Å²) in [5, 5.41) is 0. The summed E-state index contributed by atoms with van der Waals surface area (Å²) in [6, 6.07) is 0. The minimum Gasteiger partial charge on any atom is -0.165 e. The van der Waals surface area contributed by atoms with Crippen molar-refractivity contribution in [3.63, 3.8) is 0 Å². The lowest BCUT2D eigenvalue weighted by atomic mass is 10.4. The molecule has 0 aliphatic carbocycles. The number of thioether (sulfide) groups is 1. The highest BCUT2D eigenvalue weighted by atomic mass is 32.2. The van der Waals surface area contributed by atoms with Crippen molar-refractivity contribution in [2.75, 3.05) is 5.75 Å². The summed E-state index contributed by atoms with van der Waals surface area (Å²) < 4.78 is 0.579. The van der Waals surface area contributed by atoms with E-state index in [1.54, 1.807) is 0 Å². The fraction of sp³-hybridized carbons (Fsp3) is 1.00. The molecule has 0 aromatic heterocycles. The van der Waals surface area contributed by atoms with E-state index in [-0.39, 0.29) is 0 Å². The monoisotopic (exact) mass is 164 g/mol. The first-order valence-corrected chi connectivity index (χ1v) is 5.17. The van der Waals surface area contributed by atoms with Gasteiger partial charge in [0.05, 0.1) is 0 Å². The summed E-state index contributed by atoms with van der Waals surface area (Å²) in [5.41, 5.74) is 0. The number of thiol groups is 1. The molecule has 0 bridgehead atoms. The van der Waals surface area contributed by atoms with Crippen molar-refractivity contribution in [2.24, 2.45) is 0 Å². The zero-order chi connectivity index (χ0) is 7.11. The second-order valence-electron chi connectivity index (χ2n) is 2.11. The first kappa shape index (κ1) is 9.70. The molecule has 0 nitrogen and oxygen atoms in total. The van der Waals surface area contributed by atoms with Gasteiger partial charge >= 0.3 is 0 Å². The predicted octanol–water partition coefficient (Wildman–Crippen LogP) is 3.19. The first-order chi connectivity index (χ1) is 4.31. The van der Waals surface area contributed by atoms with E-state index in [0.717, 1.165) is 0 Å². The van der Waals surface area contributed by atoms with E-state index in [0.29, 0.717) is 4.58 Å².